The summed E-state index contributed by atoms with van der Waals surface area (Å²) in [4.78, 5) is 26.2. The van der Waals surface area contributed by atoms with Crippen molar-refractivity contribution in [3.8, 4) is 10.8 Å². The lowest BCUT2D eigenvalue weighted by atomic mass is 10.2. The Morgan fingerprint density at radius 2 is 2.17 bits per heavy atom. The Bertz CT molecular complexity index is 761. The third-order valence-corrected chi connectivity index (χ3v) is 5.80. The molecule has 0 spiro atoms. The van der Waals surface area contributed by atoms with Crippen LogP contribution in [-0.4, -0.2) is 21.7 Å². The zero-order valence-electron chi connectivity index (χ0n) is 12.8. The van der Waals surface area contributed by atoms with Gasteiger partial charge in [0.1, 0.15) is 6.54 Å². The van der Waals surface area contributed by atoms with Crippen molar-refractivity contribution in [1.29, 1.82) is 0 Å². The second-order valence-corrected chi connectivity index (χ2v) is 7.43. The molecule has 2 aliphatic rings. The average molecular weight is 333 g/mol. The smallest absolute Gasteiger partial charge is 0.387 e. The summed E-state index contributed by atoms with van der Waals surface area (Å²) >= 11 is 1.63. The van der Waals surface area contributed by atoms with E-state index in [1.807, 2.05) is 0 Å². The van der Waals surface area contributed by atoms with Gasteiger partial charge in [0, 0.05) is 10.9 Å². The number of nitrogens with one attached hydrogen (secondary N) is 1. The minimum Gasteiger partial charge on any atom is -0.387 e. The molecule has 1 amide bonds. The lowest BCUT2D eigenvalue weighted by molar-refractivity contribution is -0.122. The summed E-state index contributed by atoms with van der Waals surface area (Å²) in [6.45, 7) is -0.0794. The number of fused-ring (bicyclic) bond motifs is 1. The minimum atomic E-state index is -0.574. The van der Waals surface area contributed by atoms with Gasteiger partial charge < -0.3 is 9.73 Å². The predicted octanol–water partition coefficient (Wildman–Crippen LogP) is 2.11. The first-order valence-corrected chi connectivity index (χ1v) is 9.00. The summed E-state index contributed by atoms with van der Waals surface area (Å²) < 4.78 is 6.35. The van der Waals surface area contributed by atoms with Gasteiger partial charge in [0.2, 0.25) is 5.91 Å². The van der Waals surface area contributed by atoms with E-state index in [4.69, 9.17) is 4.42 Å². The van der Waals surface area contributed by atoms with Crippen LogP contribution >= 0.6 is 11.3 Å². The van der Waals surface area contributed by atoms with Crippen molar-refractivity contribution in [2.45, 2.75) is 57.5 Å². The first-order valence-electron chi connectivity index (χ1n) is 8.18. The summed E-state index contributed by atoms with van der Waals surface area (Å²) in [7, 11) is 0. The third-order valence-electron chi connectivity index (χ3n) is 4.58. The van der Waals surface area contributed by atoms with Crippen LogP contribution in [0.25, 0.3) is 10.8 Å². The highest BCUT2D eigenvalue weighted by atomic mass is 32.1. The van der Waals surface area contributed by atoms with Gasteiger partial charge in [-0.3, -0.25) is 4.79 Å². The number of carbonyl (C=O) groups excluding carboxylic acids is 1. The van der Waals surface area contributed by atoms with Crippen LogP contribution in [0, 0.1) is 0 Å². The van der Waals surface area contributed by atoms with E-state index in [1.54, 1.807) is 11.3 Å². The maximum Gasteiger partial charge on any atom is 0.437 e. The molecule has 2 heterocycles. The maximum absolute atomic E-state index is 12.0. The highest BCUT2D eigenvalue weighted by Crippen LogP contribution is 2.35. The second kappa shape index (κ2) is 5.96. The Labute approximate surface area is 137 Å². The van der Waals surface area contributed by atoms with Crippen LogP contribution in [0.1, 0.15) is 42.5 Å². The van der Waals surface area contributed by atoms with E-state index >= 15 is 0 Å². The van der Waals surface area contributed by atoms with E-state index in [0.717, 1.165) is 48.1 Å². The molecule has 0 unspecified atom stereocenters. The number of thiophene rings is 1. The standard InChI is InChI=1S/C16H19N3O3S/c20-14(17-11-5-1-2-6-11)9-19-16(21)22-15(18-19)13-8-10-4-3-7-12(10)23-13/h8,11H,1-7,9H2,(H,17,20). The van der Waals surface area contributed by atoms with E-state index in [0.29, 0.717) is 5.89 Å². The molecule has 0 saturated heterocycles. The van der Waals surface area contributed by atoms with Crippen LogP contribution in [0.5, 0.6) is 0 Å². The highest BCUT2D eigenvalue weighted by Gasteiger charge is 2.21. The van der Waals surface area contributed by atoms with Gasteiger partial charge in [-0.1, -0.05) is 12.8 Å². The Kier molecular flexibility index (Phi) is 3.80. The molecule has 4 rings (SSSR count). The van der Waals surface area contributed by atoms with Crippen molar-refractivity contribution in [1.82, 2.24) is 15.1 Å². The van der Waals surface area contributed by atoms with Gasteiger partial charge in [-0.2, -0.15) is 4.68 Å². The van der Waals surface area contributed by atoms with Gasteiger partial charge in [-0.25, -0.2) is 4.79 Å². The number of amides is 1. The van der Waals surface area contributed by atoms with Crippen molar-refractivity contribution < 1.29 is 9.21 Å². The number of aromatic nitrogens is 2. The molecule has 0 radical (unpaired) electrons. The monoisotopic (exact) mass is 333 g/mol. The molecule has 122 valence electrons. The molecule has 2 aromatic rings. The molecular formula is C16H19N3O3S. The van der Waals surface area contributed by atoms with Gasteiger partial charge in [0.25, 0.3) is 5.89 Å². The van der Waals surface area contributed by atoms with E-state index in [-0.39, 0.29) is 18.5 Å². The number of hydrogen-bond donors (Lipinski definition) is 1. The third kappa shape index (κ3) is 2.97. The predicted molar refractivity (Wildman–Crippen MR) is 86.5 cm³/mol. The largest absolute Gasteiger partial charge is 0.437 e. The maximum atomic E-state index is 12.0. The number of aryl methyl sites for hydroxylation is 2. The fraction of sp³-hybridized carbons (Fsp3) is 0.562. The van der Waals surface area contributed by atoms with Crippen LogP contribution in [0.3, 0.4) is 0 Å². The lowest BCUT2D eigenvalue weighted by Gasteiger charge is -2.10. The first kappa shape index (κ1) is 14.7. The molecule has 0 aliphatic heterocycles. The van der Waals surface area contributed by atoms with Crippen molar-refractivity contribution in [2.24, 2.45) is 0 Å². The van der Waals surface area contributed by atoms with Crippen LogP contribution in [0.15, 0.2) is 15.3 Å². The molecule has 1 fully saturated rings. The Hall–Kier alpha value is -1.89. The summed E-state index contributed by atoms with van der Waals surface area (Å²) in [5, 5.41) is 7.15. The molecule has 1 saturated carbocycles. The average Bonchev–Trinajstić information content (AvgIpc) is 3.23. The van der Waals surface area contributed by atoms with Gasteiger partial charge in [-0.15, -0.1) is 16.4 Å². The van der Waals surface area contributed by atoms with Crippen LogP contribution in [-0.2, 0) is 24.2 Å². The van der Waals surface area contributed by atoms with E-state index in [1.165, 1.54) is 16.9 Å². The SMILES string of the molecule is O=C(Cn1nc(-c2cc3c(s2)CCC3)oc1=O)NC1CCCC1. The summed E-state index contributed by atoms with van der Waals surface area (Å²) in [5.74, 6) is -0.425. The number of rotatable bonds is 4. The lowest BCUT2D eigenvalue weighted by Crippen LogP contribution is -2.37. The summed E-state index contributed by atoms with van der Waals surface area (Å²) in [6.07, 6.45) is 7.72. The zero-order valence-corrected chi connectivity index (χ0v) is 13.7. The zero-order chi connectivity index (χ0) is 15.8. The van der Waals surface area contributed by atoms with Gasteiger partial charge >= 0.3 is 5.76 Å². The van der Waals surface area contributed by atoms with Crippen LogP contribution in [0.2, 0.25) is 0 Å². The quantitative estimate of drug-likeness (QED) is 0.930. The van der Waals surface area contributed by atoms with Gasteiger partial charge in [0.15, 0.2) is 0 Å². The fourth-order valence-electron chi connectivity index (χ4n) is 3.42. The van der Waals surface area contributed by atoms with Crippen LogP contribution in [0.4, 0.5) is 0 Å². The van der Waals surface area contributed by atoms with Crippen molar-refractivity contribution in [2.75, 3.05) is 0 Å². The normalized spacial score (nSPS) is 17.6. The Morgan fingerprint density at radius 3 is 2.96 bits per heavy atom. The minimum absolute atomic E-state index is 0.0794. The molecular weight excluding hydrogens is 314 g/mol. The molecule has 6 nitrogen and oxygen atoms in total. The highest BCUT2D eigenvalue weighted by molar-refractivity contribution is 7.15. The van der Waals surface area contributed by atoms with E-state index < -0.39 is 5.76 Å². The van der Waals surface area contributed by atoms with Crippen molar-refractivity contribution in [3.05, 3.63) is 27.1 Å². The van der Waals surface area contributed by atoms with Crippen LogP contribution < -0.4 is 11.1 Å². The Morgan fingerprint density at radius 1 is 1.35 bits per heavy atom. The molecule has 0 bridgehead atoms. The molecule has 23 heavy (non-hydrogen) atoms. The summed E-state index contributed by atoms with van der Waals surface area (Å²) in [5.41, 5.74) is 1.33. The molecule has 1 N–H and O–H groups in total. The molecule has 7 heteroatoms. The fourth-order valence-corrected chi connectivity index (χ4v) is 4.59. The molecule has 0 atom stereocenters. The molecule has 0 aromatic carbocycles. The number of carbonyl (C=O) groups is 1. The van der Waals surface area contributed by atoms with Crippen molar-refractivity contribution >= 4 is 17.2 Å². The summed E-state index contributed by atoms with van der Waals surface area (Å²) in [6, 6.07) is 2.30. The Balaban J connectivity index is 1.48. The molecule has 2 aliphatic carbocycles. The molecule has 2 aromatic heterocycles. The van der Waals surface area contributed by atoms with Gasteiger partial charge in [-0.05, 0) is 43.7 Å². The topological polar surface area (TPSA) is 77.1 Å². The van der Waals surface area contributed by atoms with E-state index in [2.05, 4.69) is 16.5 Å². The van der Waals surface area contributed by atoms with Gasteiger partial charge in [0.05, 0.1) is 4.88 Å². The van der Waals surface area contributed by atoms with E-state index in [9.17, 15) is 9.59 Å². The number of hydrogen-bond acceptors (Lipinski definition) is 5. The van der Waals surface area contributed by atoms with Crippen molar-refractivity contribution in [3.63, 3.8) is 0 Å². The number of nitrogens with zero attached hydrogens (tertiary/aromatic N) is 2. The first-order chi connectivity index (χ1) is 11.2. The second-order valence-electron chi connectivity index (χ2n) is 6.29.